The summed E-state index contributed by atoms with van der Waals surface area (Å²) >= 11 is 6.30. The summed E-state index contributed by atoms with van der Waals surface area (Å²) in [6, 6.07) is 7.18. The molecule has 21 heavy (non-hydrogen) atoms. The fourth-order valence-electron chi connectivity index (χ4n) is 2.23. The summed E-state index contributed by atoms with van der Waals surface area (Å²) in [7, 11) is 0. The highest BCUT2D eigenvalue weighted by atomic mass is 35.5. The van der Waals surface area contributed by atoms with E-state index < -0.39 is 0 Å². The molecule has 1 amide bonds. The number of hydrogen-bond donors (Lipinski definition) is 1. The van der Waals surface area contributed by atoms with Crippen molar-refractivity contribution in [2.75, 3.05) is 0 Å². The van der Waals surface area contributed by atoms with E-state index in [-0.39, 0.29) is 23.3 Å². The molecule has 112 valence electrons. The first kappa shape index (κ1) is 15.5. The third-order valence-electron chi connectivity index (χ3n) is 3.33. The molecule has 0 spiro atoms. The van der Waals surface area contributed by atoms with Crippen molar-refractivity contribution in [3.63, 3.8) is 0 Å². The van der Waals surface area contributed by atoms with Crippen LogP contribution in [0.15, 0.2) is 29.1 Å². The first-order chi connectivity index (χ1) is 10.0. The number of halogens is 1. The molecule has 0 radical (unpaired) electrons. The molecule has 2 N–H and O–H groups in total. The monoisotopic (exact) mass is 307 g/mol. The number of fused-ring (bicyclic) bond motifs is 1. The van der Waals surface area contributed by atoms with Crippen molar-refractivity contribution < 1.29 is 4.79 Å². The zero-order chi connectivity index (χ0) is 15.4. The maximum Gasteiger partial charge on any atom is 0.261 e. The van der Waals surface area contributed by atoms with Crippen LogP contribution >= 0.6 is 11.6 Å². The third kappa shape index (κ3) is 3.42. The molecule has 1 aromatic carbocycles. The topological polar surface area (TPSA) is 78.0 Å². The van der Waals surface area contributed by atoms with Gasteiger partial charge in [0.25, 0.3) is 5.56 Å². The number of primary amides is 1. The lowest BCUT2D eigenvalue weighted by Crippen LogP contribution is -2.27. The van der Waals surface area contributed by atoms with Crippen LogP contribution in [-0.4, -0.2) is 15.5 Å². The van der Waals surface area contributed by atoms with Gasteiger partial charge in [-0.3, -0.25) is 14.2 Å². The lowest BCUT2D eigenvalue weighted by atomic mass is 10.2. The lowest BCUT2D eigenvalue weighted by Gasteiger charge is -2.16. The standard InChI is InChI=1S/C15H18ClN3O2/c1-2-11(16)14-18-12-7-4-3-6-10(12)15(21)19(14)9-5-8-13(17)20/h3-4,6-7,11H,2,5,8-9H2,1H3,(H2,17,20). The Kier molecular flexibility index (Phi) is 4.96. The van der Waals surface area contributed by atoms with Crippen LogP contribution in [0.2, 0.25) is 0 Å². The van der Waals surface area contributed by atoms with Crippen molar-refractivity contribution in [1.82, 2.24) is 9.55 Å². The van der Waals surface area contributed by atoms with Crippen molar-refractivity contribution in [2.24, 2.45) is 5.73 Å². The molecule has 0 aliphatic heterocycles. The van der Waals surface area contributed by atoms with E-state index in [1.165, 1.54) is 0 Å². The van der Waals surface area contributed by atoms with E-state index in [0.29, 0.717) is 36.1 Å². The van der Waals surface area contributed by atoms with Gasteiger partial charge in [0.15, 0.2) is 0 Å². The van der Waals surface area contributed by atoms with Crippen molar-refractivity contribution in [2.45, 2.75) is 38.1 Å². The Bertz CT molecular complexity index is 712. The van der Waals surface area contributed by atoms with Crippen molar-refractivity contribution >= 4 is 28.4 Å². The molecule has 0 aliphatic rings. The van der Waals surface area contributed by atoms with Crippen molar-refractivity contribution in [3.8, 4) is 0 Å². The number of benzene rings is 1. The molecule has 1 atom stereocenters. The predicted octanol–water partition coefficient (Wildman–Crippen LogP) is 2.35. The Labute approximate surface area is 127 Å². The second kappa shape index (κ2) is 6.72. The molecular formula is C15H18ClN3O2. The van der Waals surface area contributed by atoms with Crippen LogP contribution in [0.1, 0.15) is 37.4 Å². The Morgan fingerprint density at radius 1 is 1.43 bits per heavy atom. The summed E-state index contributed by atoms with van der Waals surface area (Å²) in [5, 5.41) is 0.219. The molecule has 2 aromatic rings. The van der Waals surface area contributed by atoms with E-state index in [1.54, 1.807) is 22.8 Å². The fourth-order valence-corrected chi connectivity index (χ4v) is 2.40. The number of nitrogens with zero attached hydrogens (tertiary/aromatic N) is 2. The average Bonchev–Trinajstić information content (AvgIpc) is 2.48. The number of alkyl halides is 1. The van der Waals surface area contributed by atoms with Crippen LogP contribution in [0, 0.1) is 0 Å². The van der Waals surface area contributed by atoms with E-state index in [4.69, 9.17) is 17.3 Å². The summed E-state index contributed by atoms with van der Waals surface area (Å²) in [5.41, 5.74) is 5.66. The van der Waals surface area contributed by atoms with Gasteiger partial charge in [0.05, 0.1) is 16.3 Å². The zero-order valence-electron chi connectivity index (χ0n) is 11.9. The van der Waals surface area contributed by atoms with Gasteiger partial charge >= 0.3 is 0 Å². The average molecular weight is 308 g/mol. The number of rotatable bonds is 6. The SMILES string of the molecule is CCC(Cl)c1nc2ccccc2c(=O)n1CCCC(N)=O. The van der Waals surface area contributed by atoms with Gasteiger partial charge in [0.1, 0.15) is 5.82 Å². The van der Waals surface area contributed by atoms with Gasteiger partial charge in [-0.05, 0) is 25.0 Å². The largest absolute Gasteiger partial charge is 0.370 e. The van der Waals surface area contributed by atoms with Crippen molar-refractivity contribution in [3.05, 3.63) is 40.4 Å². The maximum absolute atomic E-state index is 12.6. The third-order valence-corrected chi connectivity index (χ3v) is 3.84. The Morgan fingerprint density at radius 3 is 2.81 bits per heavy atom. The number of amides is 1. The van der Waals surface area contributed by atoms with Gasteiger partial charge in [-0.25, -0.2) is 4.98 Å². The minimum Gasteiger partial charge on any atom is -0.370 e. The highest BCUT2D eigenvalue weighted by molar-refractivity contribution is 6.20. The quantitative estimate of drug-likeness (QED) is 0.832. The molecule has 0 fully saturated rings. The van der Waals surface area contributed by atoms with Gasteiger partial charge < -0.3 is 5.73 Å². The summed E-state index contributed by atoms with van der Waals surface area (Å²) in [4.78, 5) is 28.0. The lowest BCUT2D eigenvalue weighted by molar-refractivity contribution is -0.118. The fraction of sp³-hybridized carbons (Fsp3) is 0.400. The number of nitrogens with two attached hydrogens (primary N) is 1. The Morgan fingerprint density at radius 2 is 2.14 bits per heavy atom. The summed E-state index contributed by atoms with van der Waals surface area (Å²) in [5.74, 6) is 0.170. The molecule has 6 heteroatoms. The van der Waals surface area contributed by atoms with E-state index in [2.05, 4.69) is 4.98 Å². The highest BCUT2D eigenvalue weighted by Crippen LogP contribution is 2.23. The van der Waals surface area contributed by atoms with Gasteiger partial charge in [0.2, 0.25) is 5.91 Å². The molecule has 0 bridgehead atoms. The Balaban J connectivity index is 2.50. The zero-order valence-corrected chi connectivity index (χ0v) is 12.6. The van der Waals surface area contributed by atoms with Crippen LogP contribution in [0.3, 0.4) is 0 Å². The highest BCUT2D eigenvalue weighted by Gasteiger charge is 2.16. The number of hydrogen-bond acceptors (Lipinski definition) is 3. The van der Waals surface area contributed by atoms with Crippen LogP contribution in [0.25, 0.3) is 10.9 Å². The normalized spacial score (nSPS) is 12.5. The molecule has 2 rings (SSSR count). The van der Waals surface area contributed by atoms with E-state index in [9.17, 15) is 9.59 Å². The minimum atomic E-state index is -0.378. The molecule has 1 unspecified atom stereocenters. The van der Waals surface area contributed by atoms with E-state index >= 15 is 0 Å². The van der Waals surface area contributed by atoms with Gasteiger partial charge in [-0.1, -0.05) is 19.1 Å². The molecule has 0 aliphatic carbocycles. The van der Waals surface area contributed by atoms with Gasteiger partial charge in [-0.2, -0.15) is 0 Å². The second-order valence-electron chi connectivity index (χ2n) is 4.89. The Hall–Kier alpha value is -1.88. The number of para-hydroxylation sites is 1. The molecular weight excluding hydrogens is 290 g/mol. The molecule has 1 heterocycles. The second-order valence-corrected chi connectivity index (χ2v) is 5.42. The van der Waals surface area contributed by atoms with E-state index in [0.717, 1.165) is 0 Å². The molecule has 1 aromatic heterocycles. The van der Waals surface area contributed by atoms with Crippen LogP contribution in [-0.2, 0) is 11.3 Å². The smallest absolute Gasteiger partial charge is 0.261 e. The molecule has 5 nitrogen and oxygen atoms in total. The van der Waals surface area contributed by atoms with Gasteiger partial charge in [0, 0.05) is 13.0 Å². The summed E-state index contributed by atoms with van der Waals surface area (Å²) in [6.45, 7) is 2.32. The van der Waals surface area contributed by atoms with E-state index in [1.807, 2.05) is 13.0 Å². The number of aromatic nitrogens is 2. The predicted molar refractivity (Wildman–Crippen MR) is 83.3 cm³/mol. The van der Waals surface area contributed by atoms with Gasteiger partial charge in [-0.15, -0.1) is 11.6 Å². The van der Waals surface area contributed by atoms with Crippen molar-refractivity contribution in [1.29, 1.82) is 0 Å². The first-order valence-electron chi connectivity index (χ1n) is 6.96. The maximum atomic E-state index is 12.6. The number of carbonyl (C=O) groups is 1. The first-order valence-corrected chi connectivity index (χ1v) is 7.40. The van der Waals surface area contributed by atoms with Crippen LogP contribution in [0.5, 0.6) is 0 Å². The molecule has 0 saturated carbocycles. The summed E-state index contributed by atoms with van der Waals surface area (Å²) < 4.78 is 1.56. The van der Waals surface area contributed by atoms with Crippen LogP contribution in [0.4, 0.5) is 0 Å². The van der Waals surface area contributed by atoms with Crippen LogP contribution < -0.4 is 11.3 Å². The minimum absolute atomic E-state index is 0.126. The summed E-state index contributed by atoms with van der Waals surface area (Å²) in [6.07, 6.45) is 1.40. The number of carbonyl (C=O) groups excluding carboxylic acids is 1. The molecule has 0 saturated heterocycles.